The van der Waals surface area contributed by atoms with E-state index in [1.54, 1.807) is 0 Å². The summed E-state index contributed by atoms with van der Waals surface area (Å²) in [5.74, 6) is -0.972. The minimum atomic E-state index is -1.64. The average molecular weight is 178 g/mol. The summed E-state index contributed by atoms with van der Waals surface area (Å²) < 4.78 is 0. The lowest BCUT2D eigenvalue weighted by Gasteiger charge is -2.18. The van der Waals surface area contributed by atoms with Crippen LogP contribution in [-0.4, -0.2) is 50.6 Å². The number of aliphatic hydroxyl groups is 4. The highest BCUT2D eigenvalue weighted by Crippen LogP contribution is 2.02. The average Bonchev–Trinajstić information content (AvgIpc) is 2.00. The van der Waals surface area contributed by atoms with Gasteiger partial charge in [-0.05, 0) is 13.8 Å². The van der Waals surface area contributed by atoms with E-state index in [4.69, 9.17) is 20.4 Å². The summed E-state index contributed by atoms with van der Waals surface area (Å²) in [7, 11) is 0. The Morgan fingerprint density at radius 3 is 1.33 bits per heavy atom. The molecule has 0 aliphatic heterocycles. The number of hydrogen-bond acceptors (Lipinski definition) is 5. The Labute approximate surface area is 70.3 Å². The smallest absolute Gasteiger partial charge is 0.194 e. The van der Waals surface area contributed by atoms with Crippen LogP contribution < -0.4 is 0 Å². The lowest BCUT2D eigenvalue weighted by molar-refractivity contribution is -0.145. The largest absolute Gasteiger partial charge is 0.390 e. The molecule has 4 N–H and O–H groups in total. The highest BCUT2D eigenvalue weighted by atomic mass is 16.4. The molecule has 0 aromatic rings. The molecular formula is C7H14O5. The maximum atomic E-state index is 10.9. The Balaban J connectivity index is 4.19. The number of rotatable bonds is 4. The quantitative estimate of drug-likeness (QED) is 0.400. The molecule has 0 radical (unpaired) electrons. The van der Waals surface area contributed by atoms with Crippen molar-refractivity contribution in [2.45, 2.75) is 38.3 Å². The van der Waals surface area contributed by atoms with E-state index in [0.717, 1.165) is 0 Å². The molecule has 0 aliphatic rings. The number of carbonyl (C=O) groups is 1. The van der Waals surface area contributed by atoms with E-state index in [9.17, 15) is 4.79 Å². The van der Waals surface area contributed by atoms with Crippen molar-refractivity contribution in [3.8, 4) is 0 Å². The van der Waals surface area contributed by atoms with Crippen LogP contribution in [0, 0.1) is 0 Å². The third kappa shape index (κ3) is 2.86. The van der Waals surface area contributed by atoms with E-state index in [1.165, 1.54) is 13.8 Å². The fourth-order valence-corrected chi connectivity index (χ4v) is 0.650. The van der Waals surface area contributed by atoms with E-state index < -0.39 is 30.2 Å². The van der Waals surface area contributed by atoms with Crippen molar-refractivity contribution in [1.29, 1.82) is 0 Å². The van der Waals surface area contributed by atoms with Gasteiger partial charge in [0, 0.05) is 0 Å². The van der Waals surface area contributed by atoms with E-state index >= 15 is 0 Å². The maximum Gasteiger partial charge on any atom is 0.194 e. The van der Waals surface area contributed by atoms with Gasteiger partial charge in [-0.2, -0.15) is 0 Å². The molecule has 0 aromatic heterocycles. The predicted octanol–water partition coefficient (Wildman–Crippen LogP) is -1.96. The fourth-order valence-electron chi connectivity index (χ4n) is 0.650. The van der Waals surface area contributed by atoms with Crippen molar-refractivity contribution in [1.82, 2.24) is 0 Å². The number of ketones is 1. The van der Waals surface area contributed by atoms with Crippen LogP contribution in [0.5, 0.6) is 0 Å². The van der Waals surface area contributed by atoms with Crippen LogP contribution in [0.3, 0.4) is 0 Å². The van der Waals surface area contributed by atoms with Crippen molar-refractivity contribution in [2.24, 2.45) is 0 Å². The fraction of sp³-hybridized carbons (Fsp3) is 0.857. The molecule has 0 saturated carbocycles. The Morgan fingerprint density at radius 1 is 0.917 bits per heavy atom. The Bertz CT molecular complexity index is 138. The maximum absolute atomic E-state index is 10.9. The van der Waals surface area contributed by atoms with Gasteiger partial charge < -0.3 is 20.4 Å². The Hall–Kier alpha value is -0.490. The molecule has 0 aliphatic carbocycles. The molecule has 0 fully saturated rings. The SMILES string of the molecule is CC(O)[C@H](O)C(=O)[C@H](O)[C@@H](C)O. The van der Waals surface area contributed by atoms with E-state index in [-0.39, 0.29) is 0 Å². The normalized spacial score (nSPS) is 21.2. The molecule has 0 heterocycles. The molecule has 0 aromatic carbocycles. The number of Topliss-reactive ketones (excluding diaryl/α,β-unsaturated/α-hetero) is 1. The van der Waals surface area contributed by atoms with Crippen molar-refractivity contribution in [2.75, 3.05) is 0 Å². The van der Waals surface area contributed by atoms with Crippen LogP contribution in [0.15, 0.2) is 0 Å². The molecular weight excluding hydrogens is 164 g/mol. The highest BCUT2D eigenvalue weighted by Gasteiger charge is 2.29. The van der Waals surface area contributed by atoms with E-state index in [1.807, 2.05) is 0 Å². The summed E-state index contributed by atoms with van der Waals surface area (Å²) in [6.45, 7) is 2.44. The number of carbonyl (C=O) groups excluding carboxylic acids is 1. The molecule has 1 unspecified atom stereocenters. The summed E-state index contributed by atoms with van der Waals surface area (Å²) in [6, 6.07) is 0. The summed E-state index contributed by atoms with van der Waals surface area (Å²) in [6.07, 6.45) is -5.78. The Kier molecular flexibility index (Phi) is 4.33. The van der Waals surface area contributed by atoms with Crippen molar-refractivity contribution in [3.05, 3.63) is 0 Å². The van der Waals surface area contributed by atoms with Gasteiger partial charge in [0.25, 0.3) is 0 Å². The van der Waals surface area contributed by atoms with Crippen molar-refractivity contribution in [3.63, 3.8) is 0 Å². The van der Waals surface area contributed by atoms with Gasteiger partial charge in [0.2, 0.25) is 0 Å². The zero-order valence-electron chi connectivity index (χ0n) is 7.01. The molecule has 4 atom stereocenters. The topological polar surface area (TPSA) is 98.0 Å². The highest BCUT2D eigenvalue weighted by molar-refractivity contribution is 5.87. The van der Waals surface area contributed by atoms with Gasteiger partial charge in [0.1, 0.15) is 12.2 Å². The van der Waals surface area contributed by atoms with Crippen molar-refractivity contribution < 1.29 is 25.2 Å². The second-order valence-corrected chi connectivity index (χ2v) is 2.77. The molecule has 72 valence electrons. The summed E-state index contributed by atoms with van der Waals surface area (Å²) in [4.78, 5) is 10.9. The Morgan fingerprint density at radius 2 is 1.17 bits per heavy atom. The molecule has 5 heteroatoms. The lowest BCUT2D eigenvalue weighted by Crippen LogP contribution is -2.43. The molecule has 0 amide bonds. The van der Waals surface area contributed by atoms with Gasteiger partial charge >= 0.3 is 0 Å². The third-order valence-electron chi connectivity index (χ3n) is 1.50. The molecule has 12 heavy (non-hydrogen) atoms. The minimum Gasteiger partial charge on any atom is -0.390 e. The van der Waals surface area contributed by atoms with E-state index in [0.29, 0.717) is 0 Å². The van der Waals surface area contributed by atoms with E-state index in [2.05, 4.69) is 0 Å². The van der Waals surface area contributed by atoms with Gasteiger partial charge in [-0.3, -0.25) is 4.79 Å². The van der Waals surface area contributed by atoms with Crippen LogP contribution in [0.2, 0.25) is 0 Å². The molecule has 0 spiro atoms. The van der Waals surface area contributed by atoms with Gasteiger partial charge in [0.05, 0.1) is 12.2 Å². The first-order valence-electron chi connectivity index (χ1n) is 3.64. The number of hydrogen-bond donors (Lipinski definition) is 4. The molecule has 5 nitrogen and oxygen atoms in total. The zero-order valence-corrected chi connectivity index (χ0v) is 7.01. The zero-order chi connectivity index (χ0) is 9.89. The monoisotopic (exact) mass is 178 g/mol. The summed E-state index contributed by atoms with van der Waals surface area (Å²) in [5, 5.41) is 35.4. The van der Waals surface area contributed by atoms with Crippen LogP contribution in [0.25, 0.3) is 0 Å². The standard InChI is InChI=1S/C7H14O5/c1-3(8)5(10)7(12)6(11)4(2)9/h3-6,8-11H,1-2H3/t3-,4?,5-,6+/m1/s1. The van der Waals surface area contributed by atoms with Gasteiger partial charge in [-0.25, -0.2) is 0 Å². The van der Waals surface area contributed by atoms with Crippen LogP contribution in [0.1, 0.15) is 13.8 Å². The second kappa shape index (κ2) is 4.51. The summed E-state index contributed by atoms with van der Waals surface area (Å²) in [5.41, 5.74) is 0. The third-order valence-corrected chi connectivity index (χ3v) is 1.50. The molecule has 0 saturated heterocycles. The minimum absolute atomic E-state index is 0.972. The molecule has 0 bridgehead atoms. The first-order valence-corrected chi connectivity index (χ1v) is 3.64. The summed E-state index contributed by atoms with van der Waals surface area (Å²) >= 11 is 0. The number of aliphatic hydroxyl groups excluding tert-OH is 4. The first kappa shape index (κ1) is 11.5. The van der Waals surface area contributed by atoms with Crippen LogP contribution in [0.4, 0.5) is 0 Å². The van der Waals surface area contributed by atoms with Crippen LogP contribution in [-0.2, 0) is 4.79 Å². The van der Waals surface area contributed by atoms with Gasteiger partial charge in [-0.1, -0.05) is 0 Å². The second-order valence-electron chi connectivity index (χ2n) is 2.77. The lowest BCUT2D eigenvalue weighted by atomic mass is 10.0. The van der Waals surface area contributed by atoms with Gasteiger partial charge in [0.15, 0.2) is 5.78 Å². The molecule has 0 rings (SSSR count). The first-order chi connectivity index (χ1) is 5.37. The predicted molar refractivity (Wildman–Crippen MR) is 40.4 cm³/mol. The van der Waals surface area contributed by atoms with Crippen molar-refractivity contribution >= 4 is 5.78 Å². The van der Waals surface area contributed by atoms with Crippen LogP contribution >= 0.6 is 0 Å². The van der Waals surface area contributed by atoms with Gasteiger partial charge in [-0.15, -0.1) is 0 Å².